The first-order valence-electron chi connectivity index (χ1n) is 6.79. The lowest BCUT2D eigenvalue weighted by atomic mass is 10.0. The van der Waals surface area contributed by atoms with Crippen LogP contribution in [0.2, 0.25) is 0 Å². The maximum Gasteiger partial charge on any atom is 0.183 e. The van der Waals surface area contributed by atoms with Gasteiger partial charge in [0.25, 0.3) is 0 Å². The Hall–Kier alpha value is -0.910. The largest absolute Gasteiger partial charge is 0.313 e. The lowest BCUT2D eigenvalue weighted by molar-refractivity contribution is -0.191. The van der Waals surface area contributed by atoms with Gasteiger partial charge in [-0.1, -0.05) is 17.7 Å². The van der Waals surface area contributed by atoms with E-state index < -0.39 is 26.2 Å². The Morgan fingerprint density at radius 3 is 2.05 bits per heavy atom. The Balaban J connectivity index is 2.48. The highest BCUT2D eigenvalue weighted by molar-refractivity contribution is 7.92. The smallest absolute Gasteiger partial charge is 0.183 e. The quantitative estimate of drug-likeness (QED) is 0.912. The molecule has 4 nitrogen and oxygen atoms in total. The van der Waals surface area contributed by atoms with Gasteiger partial charge in [0.05, 0.1) is 15.7 Å². The standard InChI is InChI=1S/C15H23NO3S/c1-11-6-8-12(9-7-11)20(18,19)13-10-14(2,3)16(17)15(13,4)5/h6-9,13,17H,10H2,1-5H3. The summed E-state index contributed by atoms with van der Waals surface area (Å²) in [6.45, 7) is 9.20. The molecule has 112 valence electrons. The summed E-state index contributed by atoms with van der Waals surface area (Å²) in [4.78, 5) is 0.326. The van der Waals surface area contributed by atoms with Gasteiger partial charge < -0.3 is 5.21 Å². The van der Waals surface area contributed by atoms with E-state index in [2.05, 4.69) is 0 Å². The monoisotopic (exact) mass is 297 g/mol. The molecule has 1 heterocycles. The fraction of sp³-hybridized carbons (Fsp3) is 0.600. The molecule has 1 saturated heterocycles. The van der Waals surface area contributed by atoms with Crippen LogP contribution in [0.5, 0.6) is 0 Å². The molecule has 0 spiro atoms. The van der Waals surface area contributed by atoms with Crippen molar-refractivity contribution in [2.24, 2.45) is 0 Å². The van der Waals surface area contributed by atoms with E-state index in [9.17, 15) is 13.6 Å². The van der Waals surface area contributed by atoms with Crippen molar-refractivity contribution in [1.29, 1.82) is 0 Å². The van der Waals surface area contributed by atoms with Crippen LogP contribution < -0.4 is 0 Å². The summed E-state index contributed by atoms with van der Waals surface area (Å²) in [5.74, 6) is 0. The number of hydrogen-bond acceptors (Lipinski definition) is 4. The molecule has 1 aliphatic heterocycles. The maximum absolute atomic E-state index is 12.9. The van der Waals surface area contributed by atoms with Crippen molar-refractivity contribution in [3.8, 4) is 0 Å². The first kappa shape index (κ1) is 15.5. The fourth-order valence-electron chi connectivity index (χ4n) is 3.09. The average Bonchev–Trinajstić information content (AvgIpc) is 2.51. The summed E-state index contributed by atoms with van der Waals surface area (Å²) < 4.78 is 25.7. The summed E-state index contributed by atoms with van der Waals surface area (Å²) in [6.07, 6.45) is 0.409. The van der Waals surface area contributed by atoms with Gasteiger partial charge in [-0.05, 0) is 53.2 Å². The Kier molecular flexibility index (Phi) is 3.52. The minimum atomic E-state index is -3.47. The van der Waals surface area contributed by atoms with Gasteiger partial charge >= 0.3 is 0 Å². The van der Waals surface area contributed by atoms with Crippen molar-refractivity contribution in [2.45, 2.75) is 62.3 Å². The van der Waals surface area contributed by atoms with Crippen LogP contribution in [0.1, 0.15) is 39.7 Å². The summed E-state index contributed by atoms with van der Waals surface area (Å²) in [5.41, 5.74) is -0.335. The molecule has 1 unspecified atom stereocenters. The number of hydrogen-bond donors (Lipinski definition) is 1. The minimum absolute atomic E-state index is 0.326. The molecule has 0 saturated carbocycles. The van der Waals surface area contributed by atoms with E-state index in [1.165, 1.54) is 5.06 Å². The van der Waals surface area contributed by atoms with E-state index >= 15 is 0 Å². The molecule has 1 atom stereocenters. The van der Waals surface area contributed by atoms with Gasteiger partial charge in [-0.25, -0.2) is 8.42 Å². The van der Waals surface area contributed by atoms with Crippen molar-refractivity contribution >= 4 is 9.84 Å². The first-order valence-corrected chi connectivity index (χ1v) is 8.34. The topological polar surface area (TPSA) is 57.6 Å². The van der Waals surface area contributed by atoms with Gasteiger partial charge in [0, 0.05) is 5.54 Å². The van der Waals surface area contributed by atoms with Gasteiger partial charge in [-0.3, -0.25) is 0 Å². The molecule has 20 heavy (non-hydrogen) atoms. The molecule has 1 N–H and O–H groups in total. The highest BCUT2D eigenvalue weighted by Gasteiger charge is 2.56. The highest BCUT2D eigenvalue weighted by atomic mass is 32.2. The molecule has 1 fully saturated rings. The Morgan fingerprint density at radius 1 is 1.15 bits per heavy atom. The number of aryl methyl sites for hydroxylation is 1. The molecule has 1 aromatic carbocycles. The van der Waals surface area contributed by atoms with Crippen molar-refractivity contribution in [1.82, 2.24) is 5.06 Å². The third-order valence-corrected chi connectivity index (χ3v) is 6.74. The third-order valence-electron chi connectivity index (χ3n) is 4.32. The maximum atomic E-state index is 12.9. The van der Waals surface area contributed by atoms with Crippen LogP contribution in [0.4, 0.5) is 0 Å². The van der Waals surface area contributed by atoms with Crippen LogP contribution >= 0.6 is 0 Å². The Labute approximate surface area is 121 Å². The number of nitrogens with zero attached hydrogens (tertiary/aromatic N) is 1. The Bertz CT molecular complexity index is 603. The second kappa shape index (κ2) is 4.55. The molecule has 1 aromatic rings. The van der Waals surface area contributed by atoms with Crippen LogP contribution in [0.25, 0.3) is 0 Å². The molecule has 0 radical (unpaired) electrons. The number of hydroxylamine groups is 2. The van der Waals surface area contributed by atoms with Crippen molar-refractivity contribution in [2.75, 3.05) is 0 Å². The van der Waals surface area contributed by atoms with Crippen molar-refractivity contribution in [3.05, 3.63) is 29.8 Å². The second-order valence-electron chi connectivity index (χ2n) is 6.83. The molecular weight excluding hydrogens is 274 g/mol. The third kappa shape index (κ3) is 2.28. The van der Waals surface area contributed by atoms with E-state index in [0.29, 0.717) is 11.3 Å². The minimum Gasteiger partial charge on any atom is -0.313 e. The number of benzene rings is 1. The Morgan fingerprint density at radius 2 is 1.65 bits per heavy atom. The predicted octanol–water partition coefficient (Wildman–Crippen LogP) is 2.79. The van der Waals surface area contributed by atoms with Gasteiger partial charge in [0.2, 0.25) is 0 Å². The van der Waals surface area contributed by atoms with E-state index in [-0.39, 0.29) is 0 Å². The predicted molar refractivity (Wildman–Crippen MR) is 78.6 cm³/mol. The van der Waals surface area contributed by atoms with Gasteiger partial charge in [-0.15, -0.1) is 0 Å². The number of rotatable bonds is 2. The van der Waals surface area contributed by atoms with Crippen LogP contribution in [0, 0.1) is 6.92 Å². The summed E-state index contributed by atoms with van der Waals surface area (Å²) in [6, 6.07) is 6.90. The van der Waals surface area contributed by atoms with Gasteiger partial charge in [-0.2, -0.15) is 5.06 Å². The lowest BCUT2D eigenvalue weighted by Gasteiger charge is -2.35. The van der Waals surface area contributed by atoms with E-state index in [4.69, 9.17) is 0 Å². The van der Waals surface area contributed by atoms with Crippen molar-refractivity contribution < 1.29 is 13.6 Å². The van der Waals surface area contributed by atoms with Gasteiger partial charge in [0.1, 0.15) is 0 Å². The molecule has 1 aliphatic rings. The summed E-state index contributed by atoms with van der Waals surface area (Å²) >= 11 is 0. The van der Waals surface area contributed by atoms with Crippen LogP contribution in [0.3, 0.4) is 0 Å². The summed E-state index contributed by atoms with van der Waals surface area (Å²) in [7, 11) is -3.47. The van der Waals surface area contributed by atoms with Crippen LogP contribution in [-0.2, 0) is 9.84 Å². The second-order valence-corrected chi connectivity index (χ2v) is 8.96. The molecule has 0 amide bonds. The number of sulfone groups is 1. The molecule has 2 rings (SSSR count). The van der Waals surface area contributed by atoms with E-state index in [0.717, 1.165) is 5.56 Å². The lowest BCUT2D eigenvalue weighted by Crippen LogP contribution is -2.50. The van der Waals surface area contributed by atoms with Crippen LogP contribution in [-0.4, -0.2) is 35.0 Å². The SMILES string of the molecule is Cc1ccc(S(=O)(=O)C2CC(C)(C)N(O)C2(C)C)cc1. The van der Waals surface area contributed by atoms with Crippen molar-refractivity contribution in [3.63, 3.8) is 0 Å². The zero-order valence-corrected chi connectivity index (χ0v) is 13.5. The van der Waals surface area contributed by atoms with E-state index in [1.807, 2.05) is 20.8 Å². The average molecular weight is 297 g/mol. The summed E-state index contributed by atoms with van der Waals surface area (Å²) in [5, 5.41) is 10.8. The molecule has 0 aromatic heterocycles. The van der Waals surface area contributed by atoms with Crippen LogP contribution in [0.15, 0.2) is 29.2 Å². The first-order chi connectivity index (χ1) is 8.99. The zero-order chi connectivity index (χ0) is 15.3. The molecular formula is C15H23NO3S. The normalized spacial score (nSPS) is 25.8. The van der Waals surface area contributed by atoms with Gasteiger partial charge in [0.15, 0.2) is 9.84 Å². The fourth-order valence-corrected chi connectivity index (χ4v) is 5.42. The zero-order valence-electron chi connectivity index (χ0n) is 12.7. The molecule has 5 heteroatoms. The highest BCUT2D eigenvalue weighted by Crippen LogP contribution is 2.44. The van der Waals surface area contributed by atoms with E-state index in [1.54, 1.807) is 38.1 Å². The molecule has 0 bridgehead atoms. The molecule has 0 aliphatic carbocycles.